The minimum Gasteiger partial charge on any atom is -0.494 e. The molecule has 1 unspecified atom stereocenters. The number of imidazole rings is 1. The topological polar surface area (TPSA) is 67.0 Å². The third kappa shape index (κ3) is 3.85. The molecule has 0 bridgehead atoms. The van der Waals surface area contributed by atoms with Crippen LogP contribution in [-0.4, -0.2) is 23.0 Å². The average Bonchev–Trinajstić information content (AvgIpc) is 3.03. The molecule has 0 aliphatic rings. The number of hydrogen-bond donors (Lipinski definition) is 2. The van der Waals surface area contributed by atoms with E-state index in [1.165, 1.54) is 19.2 Å². The van der Waals surface area contributed by atoms with Gasteiger partial charge in [0.1, 0.15) is 5.82 Å². The highest BCUT2D eigenvalue weighted by molar-refractivity contribution is 5.79. The number of carbonyl (C=O) groups excluding carboxylic acids is 1. The van der Waals surface area contributed by atoms with E-state index in [0.29, 0.717) is 5.56 Å². The summed E-state index contributed by atoms with van der Waals surface area (Å²) in [7, 11) is 1.41. The van der Waals surface area contributed by atoms with E-state index in [9.17, 15) is 9.18 Å². The fraction of sp³-hybridized carbons (Fsp3) is 0.300. The molecule has 3 aromatic rings. The smallest absolute Gasteiger partial charge is 0.225 e. The van der Waals surface area contributed by atoms with Gasteiger partial charge in [0.25, 0.3) is 0 Å². The number of hydrogen-bond acceptors (Lipinski definition) is 3. The van der Waals surface area contributed by atoms with Crippen LogP contribution in [0.1, 0.15) is 31.3 Å². The first-order valence-corrected chi connectivity index (χ1v) is 8.54. The third-order valence-electron chi connectivity index (χ3n) is 4.27. The van der Waals surface area contributed by atoms with Crippen LogP contribution >= 0.6 is 0 Å². The normalized spacial score (nSPS) is 12.3. The van der Waals surface area contributed by atoms with Gasteiger partial charge in [-0.05, 0) is 35.7 Å². The number of ether oxygens (including phenoxy) is 1. The number of H-pyrrole nitrogens is 1. The Labute approximate surface area is 151 Å². The zero-order chi connectivity index (χ0) is 18.7. The van der Waals surface area contributed by atoms with Crippen LogP contribution in [0.5, 0.6) is 5.75 Å². The Morgan fingerprint density at radius 2 is 2.04 bits per heavy atom. The number of amides is 1. The lowest BCUT2D eigenvalue weighted by atomic mass is 10.0. The Kier molecular flexibility index (Phi) is 5.21. The van der Waals surface area contributed by atoms with Gasteiger partial charge in [-0.3, -0.25) is 4.79 Å². The van der Waals surface area contributed by atoms with Crippen LogP contribution in [0.2, 0.25) is 0 Å². The summed E-state index contributed by atoms with van der Waals surface area (Å²) in [6.07, 6.45) is 0.0877. The molecule has 0 saturated heterocycles. The lowest BCUT2D eigenvalue weighted by Gasteiger charge is -2.20. The molecule has 1 aromatic heterocycles. The summed E-state index contributed by atoms with van der Waals surface area (Å²) in [6, 6.07) is 12.0. The van der Waals surface area contributed by atoms with Crippen molar-refractivity contribution in [2.24, 2.45) is 5.92 Å². The maximum absolute atomic E-state index is 13.8. The molecule has 2 aromatic carbocycles. The molecule has 5 nitrogen and oxygen atoms in total. The zero-order valence-electron chi connectivity index (χ0n) is 15.0. The van der Waals surface area contributed by atoms with E-state index in [1.54, 1.807) is 6.07 Å². The van der Waals surface area contributed by atoms with Crippen LogP contribution in [0.25, 0.3) is 11.0 Å². The second-order valence-electron chi connectivity index (χ2n) is 6.57. The van der Waals surface area contributed by atoms with Gasteiger partial charge < -0.3 is 15.0 Å². The van der Waals surface area contributed by atoms with Gasteiger partial charge in [-0.15, -0.1) is 0 Å². The van der Waals surface area contributed by atoms with E-state index in [0.717, 1.165) is 16.9 Å². The van der Waals surface area contributed by atoms with Gasteiger partial charge >= 0.3 is 0 Å². The largest absolute Gasteiger partial charge is 0.494 e. The molecule has 0 fully saturated rings. The van der Waals surface area contributed by atoms with Gasteiger partial charge in [0.05, 0.1) is 30.6 Å². The van der Waals surface area contributed by atoms with Gasteiger partial charge in [-0.2, -0.15) is 0 Å². The number of benzene rings is 2. The highest BCUT2D eigenvalue weighted by Crippen LogP contribution is 2.23. The lowest BCUT2D eigenvalue weighted by molar-refractivity contribution is -0.121. The van der Waals surface area contributed by atoms with Gasteiger partial charge in [0.2, 0.25) is 5.91 Å². The highest BCUT2D eigenvalue weighted by Gasteiger charge is 2.22. The Balaban J connectivity index is 1.75. The molecule has 2 N–H and O–H groups in total. The summed E-state index contributed by atoms with van der Waals surface area (Å²) in [6.45, 7) is 4.04. The van der Waals surface area contributed by atoms with Crippen molar-refractivity contribution in [1.82, 2.24) is 15.3 Å². The highest BCUT2D eigenvalue weighted by atomic mass is 19.1. The van der Waals surface area contributed by atoms with Crippen LogP contribution < -0.4 is 10.1 Å². The molecule has 26 heavy (non-hydrogen) atoms. The minimum atomic E-state index is -0.476. The summed E-state index contributed by atoms with van der Waals surface area (Å²) < 4.78 is 18.7. The van der Waals surface area contributed by atoms with Crippen LogP contribution in [-0.2, 0) is 11.2 Å². The van der Waals surface area contributed by atoms with Gasteiger partial charge in [-0.1, -0.05) is 32.0 Å². The Bertz CT molecular complexity index is 887. The standard InChI is InChI=1S/C20H22FN3O2/c1-12(2)19(20-22-15-6-4-5-7-16(15)23-20)24-18(25)11-13-8-9-17(26-3)14(21)10-13/h4-10,12,19H,11H2,1-3H3,(H,22,23)(H,24,25). The first-order chi connectivity index (χ1) is 12.5. The van der Waals surface area contributed by atoms with Crippen molar-refractivity contribution in [2.45, 2.75) is 26.3 Å². The molecule has 1 amide bonds. The van der Waals surface area contributed by atoms with Crippen molar-refractivity contribution in [2.75, 3.05) is 7.11 Å². The van der Waals surface area contributed by atoms with Crippen LogP contribution in [0.15, 0.2) is 42.5 Å². The summed E-state index contributed by atoms with van der Waals surface area (Å²) in [5, 5.41) is 3.00. The van der Waals surface area contributed by atoms with Crippen molar-refractivity contribution in [3.8, 4) is 5.75 Å². The number of methoxy groups -OCH3 is 1. The Morgan fingerprint density at radius 1 is 1.27 bits per heavy atom. The first kappa shape index (κ1) is 17.9. The zero-order valence-corrected chi connectivity index (χ0v) is 15.0. The summed E-state index contributed by atoms with van der Waals surface area (Å²) >= 11 is 0. The van der Waals surface area contributed by atoms with E-state index < -0.39 is 5.82 Å². The van der Waals surface area contributed by atoms with Crippen molar-refractivity contribution in [3.05, 3.63) is 59.7 Å². The van der Waals surface area contributed by atoms with Gasteiger partial charge in [-0.25, -0.2) is 9.37 Å². The van der Waals surface area contributed by atoms with Crippen molar-refractivity contribution >= 4 is 16.9 Å². The Morgan fingerprint density at radius 3 is 2.69 bits per heavy atom. The summed E-state index contributed by atoms with van der Waals surface area (Å²) in [5.74, 6) is 0.364. The number of rotatable bonds is 6. The molecular formula is C20H22FN3O2. The van der Waals surface area contributed by atoms with E-state index in [1.807, 2.05) is 38.1 Å². The van der Waals surface area contributed by atoms with Crippen molar-refractivity contribution in [1.29, 1.82) is 0 Å². The molecule has 0 aliphatic carbocycles. The molecule has 1 atom stereocenters. The fourth-order valence-corrected chi connectivity index (χ4v) is 2.90. The van der Waals surface area contributed by atoms with Gasteiger partial charge in [0.15, 0.2) is 11.6 Å². The molecule has 0 radical (unpaired) electrons. The summed E-state index contributed by atoms with van der Waals surface area (Å²) in [4.78, 5) is 20.3. The molecule has 0 spiro atoms. The number of aromatic amines is 1. The van der Waals surface area contributed by atoms with E-state index in [4.69, 9.17) is 4.74 Å². The SMILES string of the molecule is COc1ccc(CC(=O)NC(c2nc3ccccc3[nH]2)C(C)C)cc1F. The van der Waals surface area contributed by atoms with Crippen molar-refractivity contribution < 1.29 is 13.9 Å². The number of nitrogens with one attached hydrogen (secondary N) is 2. The number of carbonyl (C=O) groups is 1. The predicted molar refractivity (Wildman–Crippen MR) is 98.5 cm³/mol. The lowest BCUT2D eigenvalue weighted by Crippen LogP contribution is -2.33. The fourth-order valence-electron chi connectivity index (χ4n) is 2.90. The number of halogens is 1. The van der Waals surface area contributed by atoms with Crippen molar-refractivity contribution in [3.63, 3.8) is 0 Å². The molecule has 0 saturated carbocycles. The van der Waals surface area contributed by atoms with Crippen LogP contribution in [0.3, 0.4) is 0 Å². The van der Waals surface area contributed by atoms with E-state index in [-0.39, 0.29) is 30.0 Å². The Hall–Kier alpha value is -2.89. The van der Waals surface area contributed by atoms with E-state index in [2.05, 4.69) is 15.3 Å². The monoisotopic (exact) mass is 355 g/mol. The molecule has 1 heterocycles. The summed E-state index contributed by atoms with van der Waals surface area (Å²) in [5.41, 5.74) is 2.38. The van der Waals surface area contributed by atoms with Crippen LogP contribution in [0.4, 0.5) is 4.39 Å². The maximum Gasteiger partial charge on any atom is 0.225 e. The second kappa shape index (κ2) is 7.56. The molecule has 0 aliphatic heterocycles. The average molecular weight is 355 g/mol. The van der Waals surface area contributed by atoms with Gasteiger partial charge in [0, 0.05) is 0 Å². The second-order valence-corrected chi connectivity index (χ2v) is 6.57. The quantitative estimate of drug-likeness (QED) is 0.707. The number of fused-ring (bicyclic) bond motifs is 1. The predicted octanol–water partition coefficient (Wildman–Crippen LogP) is 3.77. The first-order valence-electron chi connectivity index (χ1n) is 8.54. The molecule has 6 heteroatoms. The maximum atomic E-state index is 13.8. The number of nitrogens with zero attached hydrogens (tertiary/aromatic N) is 1. The molecule has 3 rings (SSSR count). The van der Waals surface area contributed by atoms with Crippen LogP contribution in [0, 0.1) is 11.7 Å². The molecule has 136 valence electrons. The number of para-hydroxylation sites is 2. The van der Waals surface area contributed by atoms with E-state index >= 15 is 0 Å². The molecular weight excluding hydrogens is 333 g/mol. The minimum absolute atomic E-state index is 0.0877. The number of aromatic nitrogens is 2. The third-order valence-corrected chi connectivity index (χ3v) is 4.27.